The molecule has 13 heteroatoms. The summed E-state index contributed by atoms with van der Waals surface area (Å²) in [7, 11) is -4.16. The molecule has 0 saturated heterocycles. The van der Waals surface area contributed by atoms with Gasteiger partial charge in [-0.3, -0.25) is 13.9 Å². The van der Waals surface area contributed by atoms with Crippen molar-refractivity contribution in [1.29, 1.82) is 0 Å². The van der Waals surface area contributed by atoms with E-state index < -0.39 is 22.5 Å². The van der Waals surface area contributed by atoms with E-state index in [0.29, 0.717) is 22.0 Å². The Bertz CT molecular complexity index is 1730. The van der Waals surface area contributed by atoms with Crippen LogP contribution in [0.1, 0.15) is 11.1 Å². The van der Waals surface area contributed by atoms with Crippen molar-refractivity contribution >= 4 is 74.2 Å². The molecule has 2 amide bonds. The van der Waals surface area contributed by atoms with E-state index in [-0.39, 0.29) is 33.1 Å². The van der Waals surface area contributed by atoms with Crippen molar-refractivity contribution in [3.63, 3.8) is 0 Å². The van der Waals surface area contributed by atoms with E-state index in [4.69, 9.17) is 39.5 Å². The SMILES string of the molecule is Cc1ccc(S(=O)(=O)N(CC(=O)N/N=C\c2ccc(OCC(=O)Nc3cccc(Cl)c3)cc2)c2cc(Cl)cc(Cl)c2)cc1. The Kier molecular flexibility index (Phi) is 10.7. The molecule has 0 aliphatic heterocycles. The van der Waals surface area contributed by atoms with Crippen LogP contribution in [0.5, 0.6) is 5.75 Å². The summed E-state index contributed by atoms with van der Waals surface area (Å²) in [6.45, 7) is 1.03. The number of carbonyl (C=O) groups excluding carboxylic acids is 2. The predicted molar refractivity (Wildman–Crippen MR) is 170 cm³/mol. The molecule has 0 fully saturated rings. The highest BCUT2D eigenvalue weighted by atomic mass is 35.5. The first-order valence-electron chi connectivity index (χ1n) is 12.7. The number of hydrazone groups is 1. The number of hydrogen-bond donors (Lipinski definition) is 2. The third kappa shape index (κ3) is 9.20. The highest BCUT2D eigenvalue weighted by molar-refractivity contribution is 7.92. The monoisotopic (exact) mass is 658 g/mol. The average Bonchev–Trinajstić information content (AvgIpc) is 2.95. The molecular formula is C30H25Cl3N4O5S. The third-order valence-electron chi connectivity index (χ3n) is 5.79. The van der Waals surface area contributed by atoms with Gasteiger partial charge in [0, 0.05) is 20.8 Å². The lowest BCUT2D eigenvalue weighted by Gasteiger charge is -2.24. The van der Waals surface area contributed by atoms with Crippen LogP contribution >= 0.6 is 34.8 Å². The van der Waals surface area contributed by atoms with Crippen LogP contribution in [-0.4, -0.2) is 39.6 Å². The lowest BCUT2D eigenvalue weighted by Crippen LogP contribution is -2.39. The largest absolute Gasteiger partial charge is 0.484 e. The minimum atomic E-state index is -4.16. The molecule has 0 radical (unpaired) electrons. The molecule has 0 aliphatic carbocycles. The average molecular weight is 660 g/mol. The molecule has 0 aliphatic rings. The Morgan fingerprint density at radius 2 is 1.53 bits per heavy atom. The number of halogens is 3. The molecular weight excluding hydrogens is 635 g/mol. The fourth-order valence-corrected chi connectivity index (χ4v) is 5.85. The van der Waals surface area contributed by atoms with Crippen molar-refractivity contribution in [3.8, 4) is 5.75 Å². The molecule has 4 aromatic rings. The van der Waals surface area contributed by atoms with Crippen LogP contribution in [0, 0.1) is 6.92 Å². The molecule has 222 valence electrons. The first kappa shape index (κ1) is 31.8. The molecule has 0 bridgehead atoms. The van der Waals surface area contributed by atoms with Gasteiger partial charge in [-0.05, 0) is 85.3 Å². The zero-order valence-corrected chi connectivity index (χ0v) is 25.7. The van der Waals surface area contributed by atoms with Gasteiger partial charge in [0.1, 0.15) is 12.3 Å². The molecule has 0 atom stereocenters. The van der Waals surface area contributed by atoms with Crippen molar-refractivity contribution in [2.45, 2.75) is 11.8 Å². The number of sulfonamides is 1. The molecule has 4 rings (SSSR count). The van der Waals surface area contributed by atoms with E-state index >= 15 is 0 Å². The van der Waals surface area contributed by atoms with Crippen LogP contribution in [0.4, 0.5) is 11.4 Å². The number of amides is 2. The Morgan fingerprint density at radius 3 is 2.19 bits per heavy atom. The van der Waals surface area contributed by atoms with Crippen LogP contribution in [0.3, 0.4) is 0 Å². The number of carbonyl (C=O) groups is 2. The Hall–Kier alpha value is -4.09. The maximum absolute atomic E-state index is 13.5. The molecule has 0 saturated carbocycles. The number of rotatable bonds is 11. The van der Waals surface area contributed by atoms with Crippen LogP contribution < -0.4 is 19.8 Å². The first-order chi connectivity index (χ1) is 20.5. The molecule has 0 heterocycles. The molecule has 0 unspecified atom stereocenters. The first-order valence-corrected chi connectivity index (χ1v) is 15.2. The molecule has 43 heavy (non-hydrogen) atoms. The fourth-order valence-electron chi connectivity index (χ4n) is 3.74. The lowest BCUT2D eigenvalue weighted by molar-refractivity contribution is -0.119. The highest BCUT2D eigenvalue weighted by Crippen LogP contribution is 2.29. The molecule has 0 aromatic heterocycles. The van der Waals surface area contributed by atoms with E-state index in [9.17, 15) is 18.0 Å². The van der Waals surface area contributed by atoms with Gasteiger partial charge in [-0.1, -0.05) is 58.6 Å². The Labute approximate surface area is 264 Å². The summed E-state index contributed by atoms with van der Waals surface area (Å²) in [6.07, 6.45) is 1.38. The minimum absolute atomic E-state index is 0.00486. The quantitative estimate of drug-likeness (QED) is 0.144. The highest BCUT2D eigenvalue weighted by Gasteiger charge is 2.27. The number of aryl methyl sites for hydroxylation is 1. The summed E-state index contributed by atoms with van der Waals surface area (Å²) in [4.78, 5) is 24.9. The second kappa shape index (κ2) is 14.4. The summed E-state index contributed by atoms with van der Waals surface area (Å²) in [5.41, 5.74) is 4.51. The van der Waals surface area contributed by atoms with E-state index in [2.05, 4.69) is 15.8 Å². The number of nitrogens with zero attached hydrogens (tertiary/aromatic N) is 2. The molecule has 9 nitrogen and oxygen atoms in total. The molecule has 4 aromatic carbocycles. The van der Waals surface area contributed by atoms with Crippen molar-refractivity contribution in [2.24, 2.45) is 5.10 Å². The summed E-state index contributed by atoms with van der Waals surface area (Å²) < 4.78 is 33.4. The molecule has 0 spiro atoms. The normalized spacial score (nSPS) is 11.3. The number of anilines is 2. The van der Waals surface area contributed by atoms with Crippen LogP contribution in [0.2, 0.25) is 15.1 Å². The standard InChI is InChI=1S/C30H25Cl3N4O5S/c1-20-5-11-28(12-6-20)43(40,41)37(26-15-23(32)13-24(33)16-26)18-29(38)36-34-17-21-7-9-27(10-8-21)42-19-30(39)35-25-4-2-3-22(31)14-25/h2-17H,18-19H2,1H3,(H,35,39)(H,36,38)/b34-17-. The third-order valence-corrected chi connectivity index (χ3v) is 8.25. The number of nitrogens with one attached hydrogen (secondary N) is 2. The zero-order valence-electron chi connectivity index (χ0n) is 22.6. The van der Waals surface area contributed by atoms with E-state index in [0.717, 1.165) is 9.87 Å². The van der Waals surface area contributed by atoms with Crippen molar-refractivity contribution in [3.05, 3.63) is 117 Å². The summed E-state index contributed by atoms with van der Waals surface area (Å²) in [5, 5.41) is 7.54. The van der Waals surface area contributed by atoms with Gasteiger partial charge < -0.3 is 10.1 Å². The van der Waals surface area contributed by atoms with Gasteiger partial charge in [-0.2, -0.15) is 5.10 Å². The number of hydrogen-bond acceptors (Lipinski definition) is 6. The lowest BCUT2D eigenvalue weighted by atomic mass is 10.2. The van der Waals surface area contributed by atoms with Gasteiger partial charge in [0.15, 0.2) is 6.61 Å². The fraction of sp³-hybridized carbons (Fsp3) is 0.100. The summed E-state index contributed by atoms with van der Waals surface area (Å²) >= 11 is 18.2. The van der Waals surface area contributed by atoms with Crippen LogP contribution in [-0.2, 0) is 19.6 Å². The number of benzene rings is 4. The number of ether oxygens (including phenoxy) is 1. The van der Waals surface area contributed by atoms with Gasteiger partial charge in [0.05, 0.1) is 16.8 Å². The van der Waals surface area contributed by atoms with Crippen LogP contribution in [0.25, 0.3) is 0 Å². The Balaban J connectivity index is 1.37. The van der Waals surface area contributed by atoms with E-state index in [1.165, 1.54) is 36.5 Å². The smallest absolute Gasteiger partial charge is 0.264 e. The van der Waals surface area contributed by atoms with E-state index in [1.807, 2.05) is 6.92 Å². The predicted octanol–water partition coefficient (Wildman–Crippen LogP) is 6.32. The van der Waals surface area contributed by atoms with Gasteiger partial charge in [0.2, 0.25) is 0 Å². The van der Waals surface area contributed by atoms with E-state index in [1.54, 1.807) is 60.7 Å². The summed E-state index contributed by atoms with van der Waals surface area (Å²) in [6, 6.07) is 23.9. The summed E-state index contributed by atoms with van der Waals surface area (Å²) in [5.74, 6) is -0.609. The molecule has 2 N–H and O–H groups in total. The van der Waals surface area contributed by atoms with Crippen molar-refractivity contribution < 1.29 is 22.7 Å². The van der Waals surface area contributed by atoms with Gasteiger partial charge in [-0.15, -0.1) is 0 Å². The Morgan fingerprint density at radius 1 is 0.860 bits per heavy atom. The maximum atomic E-state index is 13.5. The minimum Gasteiger partial charge on any atom is -0.484 e. The second-order valence-corrected chi connectivity index (χ2v) is 12.3. The van der Waals surface area contributed by atoms with Gasteiger partial charge >= 0.3 is 0 Å². The van der Waals surface area contributed by atoms with Crippen LogP contribution in [0.15, 0.2) is 101 Å². The zero-order chi connectivity index (χ0) is 31.0. The van der Waals surface area contributed by atoms with Gasteiger partial charge in [-0.25, -0.2) is 13.8 Å². The van der Waals surface area contributed by atoms with Gasteiger partial charge in [0.25, 0.3) is 21.8 Å². The van der Waals surface area contributed by atoms with Crippen molar-refractivity contribution in [2.75, 3.05) is 22.8 Å². The maximum Gasteiger partial charge on any atom is 0.264 e. The van der Waals surface area contributed by atoms with Crippen molar-refractivity contribution in [1.82, 2.24) is 5.43 Å². The second-order valence-electron chi connectivity index (χ2n) is 9.16. The topological polar surface area (TPSA) is 117 Å².